The molecule has 0 bridgehead atoms. The summed E-state index contributed by atoms with van der Waals surface area (Å²) >= 11 is 0. The zero-order chi connectivity index (χ0) is 28.0. The Labute approximate surface area is 235 Å². The summed E-state index contributed by atoms with van der Waals surface area (Å²) in [6, 6.07) is 20.9. The molecule has 0 radical (unpaired) electrons. The highest BCUT2D eigenvalue weighted by Crippen LogP contribution is 2.48. The third kappa shape index (κ3) is 5.25. The fourth-order valence-corrected chi connectivity index (χ4v) is 6.08. The predicted octanol–water partition coefficient (Wildman–Crippen LogP) is 5.81. The van der Waals surface area contributed by atoms with E-state index in [9.17, 15) is 9.59 Å². The number of carbonyl (C=O) groups excluding carboxylic acids is 2. The van der Waals surface area contributed by atoms with Gasteiger partial charge in [0.15, 0.2) is 0 Å². The van der Waals surface area contributed by atoms with Crippen LogP contribution in [-0.2, 0) is 31.2 Å². The van der Waals surface area contributed by atoms with Gasteiger partial charge < -0.3 is 10.2 Å². The van der Waals surface area contributed by atoms with E-state index in [0.29, 0.717) is 37.6 Å². The van der Waals surface area contributed by atoms with Crippen molar-refractivity contribution in [3.63, 3.8) is 0 Å². The van der Waals surface area contributed by atoms with Gasteiger partial charge >= 0.3 is 6.03 Å². The molecule has 1 aliphatic carbocycles. The second-order valence-corrected chi connectivity index (χ2v) is 12.3. The molecule has 6 rings (SSSR count). The lowest BCUT2D eigenvalue weighted by atomic mass is 9.86. The Bertz CT molecular complexity index is 1580. The molecule has 7 nitrogen and oxygen atoms in total. The zero-order valence-corrected chi connectivity index (χ0v) is 23.8. The number of amides is 2. The van der Waals surface area contributed by atoms with Crippen molar-refractivity contribution >= 4 is 22.8 Å². The van der Waals surface area contributed by atoms with Gasteiger partial charge in [0.05, 0.1) is 5.52 Å². The minimum atomic E-state index is -0.305. The number of carbonyl (C=O) groups is 2. The highest BCUT2D eigenvalue weighted by molar-refractivity contribution is 5.86. The zero-order valence-electron chi connectivity index (χ0n) is 23.8. The number of fused-ring (bicyclic) bond motifs is 2. The van der Waals surface area contributed by atoms with Crippen molar-refractivity contribution in [1.82, 2.24) is 25.2 Å². The number of aryl methyl sites for hydroxylation is 2. The first-order valence-corrected chi connectivity index (χ1v) is 14.3. The maximum Gasteiger partial charge on any atom is 0.318 e. The molecule has 3 aromatic carbocycles. The van der Waals surface area contributed by atoms with Crippen LogP contribution in [-0.4, -0.2) is 43.8 Å². The van der Waals surface area contributed by atoms with Crippen LogP contribution in [0.25, 0.3) is 22.2 Å². The van der Waals surface area contributed by atoms with Crippen LogP contribution < -0.4 is 5.32 Å². The molecule has 40 heavy (non-hydrogen) atoms. The largest absolute Gasteiger partial charge is 0.333 e. The Morgan fingerprint density at radius 1 is 1.02 bits per heavy atom. The number of nitrogens with zero attached hydrogens (tertiary/aromatic N) is 4. The van der Waals surface area contributed by atoms with Crippen LogP contribution >= 0.6 is 0 Å². The molecule has 1 N–H and O–H groups in total. The molecule has 1 aliphatic heterocycles. The number of benzene rings is 3. The van der Waals surface area contributed by atoms with E-state index in [-0.39, 0.29) is 17.5 Å². The van der Waals surface area contributed by atoms with Crippen LogP contribution in [0, 0.1) is 5.92 Å². The molecular weight excluding hydrogens is 498 g/mol. The fraction of sp³-hybridized carbons (Fsp3) is 0.394. The fourth-order valence-electron chi connectivity index (χ4n) is 6.08. The molecule has 1 unspecified atom stereocenters. The molecule has 2 aliphatic rings. The van der Waals surface area contributed by atoms with Gasteiger partial charge in [-0.2, -0.15) is 0 Å². The summed E-state index contributed by atoms with van der Waals surface area (Å²) in [6.07, 6.45) is 2.94. The Morgan fingerprint density at radius 2 is 1.82 bits per heavy atom. The Morgan fingerprint density at radius 3 is 2.60 bits per heavy atom. The number of ketones is 1. The van der Waals surface area contributed by atoms with E-state index in [1.807, 2.05) is 57.0 Å². The van der Waals surface area contributed by atoms with Crippen LogP contribution in [0.5, 0.6) is 0 Å². The third-order valence-corrected chi connectivity index (χ3v) is 8.27. The van der Waals surface area contributed by atoms with Crippen molar-refractivity contribution in [3.8, 4) is 11.1 Å². The van der Waals surface area contributed by atoms with Crippen molar-refractivity contribution in [2.45, 2.75) is 64.5 Å². The lowest BCUT2D eigenvalue weighted by Crippen LogP contribution is -2.50. The van der Waals surface area contributed by atoms with Crippen LogP contribution in [0.3, 0.4) is 0 Å². The minimum Gasteiger partial charge on any atom is -0.333 e. The average Bonchev–Trinajstić information content (AvgIpc) is 3.67. The first kappa shape index (κ1) is 26.2. The number of Topliss-reactive ketones (excluding diaryl/α,β-unsaturated/α-hetero) is 1. The number of hydrogen-bond donors (Lipinski definition) is 1. The van der Waals surface area contributed by atoms with E-state index >= 15 is 0 Å². The van der Waals surface area contributed by atoms with Crippen molar-refractivity contribution in [2.75, 3.05) is 6.54 Å². The normalized spacial score (nSPS) is 18.4. The van der Waals surface area contributed by atoms with Gasteiger partial charge in [0.2, 0.25) is 0 Å². The minimum absolute atomic E-state index is 0.0448. The summed E-state index contributed by atoms with van der Waals surface area (Å²) in [5.41, 5.74) is 8.73. The first-order chi connectivity index (χ1) is 19.2. The van der Waals surface area contributed by atoms with E-state index in [2.05, 4.69) is 52.0 Å². The van der Waals surface area contributed by atoms with E-state index in [1.54, 1.807) is 4.68 Å². The smallest absolute Gasteiger partial charge is 0.318 e. The summed E-state index contributed by atoms with van der Waals surface area (Å²) < 4.78 is 1.80. The topological polar surface area (TPSA) is 80.1 Å². The second-order valence-electron chi connectivity index (χ2n) is 12.3. The molecule has 2 amide bonds. The molecule has 4 aromatic rings. The summed E-state index contributed by atoms with van der Waals surface area (Å²) in [7, 11) is 1.91. The SMILES string of the molecule is Cn1nnc2ccc(-c3ccc(CCC(=O)C4C[C@H]4c4ccccc4)c4c3CCN(C(=O)NC(C)(C)C)C4)cc21. The van der Waals surface area contributed by atoms with Crippen LogP contribution in [0.1, 0.15) is 61.8 Å². The van der Waals surface area contributed by atoms with E-state index < -0.39 is 0 Å². The summed E-state index contributed by atoms with van der Waals surface area (Å²) in [6.45, 7) is 7.20. The molecule has 1 aromatic heterocycles. The number of nitrogens with one attached hydrogen (secondary N) is 1. The number of aromatic nitrogens is 3. The lowest BCUT2D eigenvalue weighted by molar-refractivity contribution is -0.120. The van der Waals surface area contributed by atoms with E-state index in [4.69, 9.17) is 0 Å². The highest BCUT2D eigenvalue weighted by atomic mass is 16.2. The number of urea groups is 1. The maximum atomic E-state index is 13.2. The maximum absolute atomic E-state index is 13.2. The molecule has 7 heteroatoms. The number of hydrogen-bond acceptors (Lipinski definition) is 4. The van der Waals surface area contributed by atoms with Crippen LogP contribution in [0.15, 0.2) is 60.7 Å². The first-order valence-electron chi connectivity index (χ1n) is 14.3. The van der Waals surface area contributed by atoms with Gasteiger partial charge in [0.1, 0.15) is 11.3 Å². The highest BCUT2D eigenvalue weighted by Gasteiger charge is 2.43. The van der Waals surface area contributed by atoms with Gasteiger partial charge in [-0.05, 0) is 91.5 Å². The second kappa shape index (κ2) is 10.2. The quantitative estimate of drug-likeness (QED) is 0.338. The number of rotatable bonds is 6. The van der Waals surface area contributed by atoms with Crippen LogP contribution in [0.2, 0.25) is 0 Å². The van der Waals surface area contributed by atoms with Crippen molar-refractivity contribution in [2.24, 2.45) is 13.0 Å². The molecule has 206 valence electrons. The molecule has 2 heterocycles. The Kier molecular flexibility index (Phi) is 6.69. The van der Waals surface area contributed by atoms with E-state index in [1.165, 1.54) is 27.8 Å². The third-order valence-electron chi connectivity index (χ3n) is 8.27. The van der Waals surface area contributed by atoms with Gasteiger partial charge in [-0.15, -0.1) is 5.10 Å². The molecule has 0 spiro atoms. The standard InChI is InChI=1S/C33H37N5O2/c1-33(2,3)34-32(40)38-17-16-25-24(23-11-14-29-30(18-23)37(4)36-35-29)13-10-22(28(25)20-38)12-15-31(39)27-19-26(27)21-8-6-5-7-9-21/h5-11,13-14,18,26-27H,12,15-17,19-20H2,1-4H3,(H,34,40)/t26-,27?/m0/s1. The van der Waals surface area contributed by atoms with Crippen molar-refractivity contribution in [3.05, 3.63) is 82.9 Å². The average molecular weight is 536 g/mol. The summed E-state index contributed by atoms with van der Waals surface area (Å²) in [5.74, 6) is 0.836. The van der Waals surface area contributed by atoms with Gasteiger partial charge in [-0.3, -0.25) is 4.79 Å². The monoisotopic (exact) mass is 535 g/mol. The summed E-state index contributed by atoms with van der Waals surface area (Å²) in [5, 5.41) is 11.5. The lowest BCUT2D eigenvalue weighted by Gasteiger charge is -2.34. The predicted molar refractivity (Wildman–Crippen MR) is 157 cm³/mol. The Balaban J connectivity index is 1.28. The summed E-state index contributed by atoms with van der Waals surface area (Å²) in [4.78, 5) is 28.2. The molecule has 2 atom stereocenters. The van der Waals surface area contributed by atoms with Gasteiger partial charge in [-0.25, -0.2) is 9.48 Å². The van der Waals surface area contributed by atoms with Crippen molar-refractivity contribution in [1.29, 1.82) is 0 Å². The van der Waals surface area contributed by atoms with Gasteiger partial charge in [0, 0.05) is 38.0 Å². The molecule has 1 saturated carbocycles. The van der Waals surface area contributed by atoms with Crippen molar-refractivity contribution < 1.29 is 9.59 Å². The molecular formula is C33H37N5O2. The van der Waals surface area contributed by atoms with Crippen LogP contribution in [0.4, 0.5) is 4.79 Å². The molecule has 0 saturated heterocycles. The van der Waals surface area contributed by atoms with Gasteiger partial charge in [0.25, 0.3) is 0 Å². The Hall–Kier alpha value is -4.00. The van der Waals surface area contributed by atoms with E-state index in [0.717, 1.165) is 29.4 Å². The molecule has 1 fully saturated rings. The van der Waals surface area contributed by atoms with Gasteiger partial charge in [-0.1, -0.05) is 53.7 Å².